The SMILES string of the molecule is CC(C)Oc1ccc(CCN2CC(C(=O)O)CC2=O)cc1. The summed E-state index contributed by atoms with van der Waals surface area (Å²) < 4.78 is 5.57. The third kappa shape index (κ3) is 4.21. The quantitative estimate of drug-likeness (QED) is 0.870. The fourth-order valence-corrected chi connectivity index (χ4v) is 2.42. The summed E-state index contributed by atoms with van der Waals surface area (Å²) in [7, 11) is 0. The predicted octanol–water partition coefficient (Wildman–Crippen LogP) is 1.95. The molecule has 1 atom stereocenters. The highest BCUT2D eigenvalue weighted by Gasteiger charge is 2.33. The Balaban J connectivity index is 1.86. The molecule has 2 rings (SSSR count). The minimum atomic E-state index is -0.888. The van der Waals surface area contributed by atoms with Gasteiger partial charge in [0.25, 0.3) is 0 Å². The molecule has 1 saturated heterocycles. The highest BCUT2D eigenvalue weighted by atomic mass is 16.5. The molecular formula is C16H21NO4. The van der Waals surface area contributed by atoms with E-state index in [9.17, 15) is 9.59 Å². The van der Waals surface area contributed by atoms with Crippen LogP contribution in [0.2, 0.25) is 0 Å². The highest BCUT2D eigenvalue weighted by Crippen LogP contribution is 2.19. The molecule has 1 unspecified atom stereocenters. The van der Waals surface area contributed by atoms with Crippen LogP contribution in [0.4, 0.5) is 0 Å². The molecular weight excluding hydrogens is 270 g/mol. The lowest BCUT2D eigenvalue weighted by Crippen LogP contribution is -2.28. The van der Waals surface area contributed by atoms with E-state index < -0.39 is 11.9 Å². The van der Waals surface area contributed by atoms with Gasteiger partial charge in [0, 0.05) is 19.5 Å². The molecule has 1 heterocycles. The number of nitrogens with zero attached hydrogens (tertiary/aromatic N) is 1. The van der Waals surface area contributed by atoms with Gasteiger partial charge in [-0.2, -0.15) is 0 Å². The highest BCUT2D eigenvalue weighted by molar-refractivity contribution is 5.86. The number of carbonyl (C=O) groups excluding carboxylic acids is 1. The van der Waals surface area contributed by atoms with Crippen molar-refractivity contribution in [2.75, 3.05) is 13.1 Å². The second-order valence-electron chi connectivity index (χ2n) is 5.64. The average Bonchev–Trinajstić information content (AvgIpc) is 2.79. The van der Waals surface area contributed by atoms with Crippen LogP contribution in [0.1, 0.15) is 25.8 Å². The number of amides is 1. The first-order chi connectivity index (χ1) is 9.95. The van der Waals surface area contributed by atoms with Crippen LogP contribution >= 0.6 is 0 Å². The number of carboxylic acids is 1. The van der Waals surface area contributed by atoms with Crippen LogP contribution in [0.5, 0.6) is 5.75 Å². The normalized spacial score (nSPS) is 18.3. The van der Waals surface area contributed by atoms with Gasteiger partial charge in [-0.3, -0.25) is 9.59 Å². The second-order valence-corrected chi connectivity index (χ2v) is 5.64. The molecule has 1 N–H and O–H groups in total. The maximum atomic E-state index is 11.7. The molecule has 0 radical (unpaired) electrons. The van der Waals surface area contributed by atoms with Crippen molar-refractivity contribution in [2.24, 2.45) is 5.92 Å². The van der Waals surface area contributed by atoms with E-state index in [-0.39, 0.29) is 18.4 Å². The van der Waals surface area contributed by atoms with E-state index in [2.05, 4.69) is 0 Å². The minimum absolute atomic E-state index is 0.0674. The van der Waals surface area contributed by atoms with Gasteiger partial charge < -0.3 is 14.7 Å². The van der Waals surface area contributed by atoms with Gasteiger partial charge in [0.15, 0.2) is 0 Å². The summed E-state index contributed by atoms with van der Waals surface area (Å²) in [6, 6.07) is 7.79. The van der Waals surface area contributed by atoms with E-state index in [1.807, 2.05) is 38.1 Å². The van der Waals surface area contributed by atoms with Gasteiger partial charge in [0.05, 0.1) is 12.0 Å². The number of aliphatic carboxylic acids is 1. The van der Waals surface area contributed by atoms with E-state index in [1.54, 1.807) is 4.90 Å². The van der Waals surface area contributed by atoms with Crippen molar-refractivity contribution in [2.45, 2.75) is 32.8 Å². The number of hydrogen-bond acceptors (Lipinski definition) is 3. The van der Waals surface area contributed by atoms with Gasteiger partial charge in [-0.25, -0.2) is 0 Å². The third-order valence-electron chi connectivity index (χ3n) is 3.53. The standard InChI is InChI=1S/C16H21NO4/c1-11(2)21-14-5-3-12(4-6-14)7-8-17-10-13(16(19)20)9-15(17)18/h3-6,11,13H,7-10H2,1-2H3,(H,19,20). The molecule has 21 heavy (non-hydrogen) atoms. The molecule has 0 aliphatic carbocycles. The number of carbonyl (C=O) groups is 2. The van der Waals surface area contributed by atoms with Crippen LogP contribution in [-0.4, -0.2) is 41.1 Å². The summed E-state index contributed by atoms with van der Waals surface area (Å²) in [5, 5.41) is 8.94. The lowest BCUT2D eigenvalue weighted by atomic mass is 10.1. The van der Waals surface area contributed by atoms with Crippen molar-refractivity contribution in [1.29, 1.82) is 0 Å². The summed E-state index contributed by atoms with van der Waals surface area (Å²) in [6.07, 6.45) is 0.988. The number of hydrogen-bond donors (Lipinski definition) is 1. The van der Waals surface area contributed by atoms with E-state index >= 15 is 0 Å². The zero-order chi connectivity index (χ0) is 15.4. The Bertz CT molecular complexity index is 510. The first-order valence-corrected chi connectivity index (χ1v) is 7.22. The largest absolute Gasteiger partial charge is 0.491 e. The molecule has 5 heteroatoms. The van der Waals surface area contributed by atoms with Gasteiger partial charge in [0.1, 0.15) is 5.75 Å². The van der Waals surface area contributed by atoms with E-state index in [4.69, 9.17) is 9.84 Å². The first-order valence-electron chi connectivity index (χ1n) is 7.22. The van der Waals surface area contributed by atoms with Crippen LogP contribution in [0.25, 0.3) is 0 Å². The lowest BCUT2D eigenvalue weighted by Gasteiger charge is -2.16. The molecule has 0 saturated carbocycles. The number of carboxylic acid groups (broad SMARTS) is 1. The molecule has 1 aromatic rings. The number of rotatable bonds is 6. The van der Waals surface area contributed by atoms with Gasteiger partial charge in [0.2, 0.25) is 5.91 Å². The predicted molar refractivity (Wildman–Crippen MR) is 78.2 cm³/mol. The average molecular weight is 291 g/mol. The molecule has 0 aromatic heterocycles. The van der Waals surface area contributed by atoms with Gasteiger partial charge in [-0.05, 0) is 38.0 Å². The molecule has 1 aromatic carbocycles. The van der Waals surface area contributed by atoms with Gasteiger partial charge in [-0.1, -0.05) is 12.1 Å². The van der Waals surface area contributed by atoms with Crippen LogP contribution in [0, 0.1) is 5.92 Å². The van der Waals surface area contributed by atoms with Crippen LogP contribution < -0.4 is 4.74 Å². The topological polar surface area (TPSA) is 66.8 Å². The van der Waals surface area contributed by atoms with Crippen molar-refractivity contribution in [3.63, 3.8) is 0 Å². The second kappa shape index (κ2) is 6.61. The minimum Gasteiger partial charge on any atom is -0.491 e. The number of likely N-dealkylation sites (tertiary alicyclic amines) is 1. The fraction of sp³-hybridized carbons (Fsp3) is 0.500. The Labute approximate surface area is 124 Å². The third-order valence-corrected chi connectivity index (χ3v) is 3.53. The molecule has 5 nitrogen and oxygen atoms in total. The zero-order valence-corrected chi connectivity index (χ0v) is 12.4. The Kier molecular flexibility index (Phi) is 4.83. The van der Waals surface area contributed by atoms with E-state index in [0.29, 0.717) is 13.1 Å². The van der Waals surface area contributed by atoms with E-state index in [0.717, 1.165) is 17.7 Å². The number of benzene rings is 1. The fourth-order valence-electron chi connectivity index (χ4n) is 2.42. The molecule has 1 fully saturated rings. The molecule has 114 valence electrons. The van der Waals surface area contributed by atoms with Crippen molar-refractivity contribution < 1.29 is 19.4 Å². The lowest BCUT2D eigenvalue weighted by molar-refractivity contribution is -0.141. The summed E-state index contributed by atoms with van der Waals surface area (Å²) in [5.74, 6) is -0.681. The molecule has 0 bridgehead atoms. The van der Waals surface area contributed by atoms with Crippen molar-refractivity contribution >= 4 is 11.9 Å². The maximum absolute atomic E-state index is 11.7. The van der Waals surface area contributed by atoms with Gasteiger partial charge in [-0.15, -0.1) is 0 Å². The maximum Gasteiger partial charge on any atom is 0.308 e. The molecule has 1 aliphatic rings. The van der Waals surface area contributed by atoms with E-state index in [1.165, 1.54) is 0 Å². The first kappa shape index (κ1) is 15.4. The van der Waals surface area contributed by atoms with Crippen molar-refractivity contribution in [3.8, 4) is 5.75 Å². The van der Waals surface area contributed by atoms with Crippen LogP contribution in [0.3, 0.4) is 0 Å². The number of ether oxygens (including phenoxy) is 1. The van der Waals surface area contributed by atoms with Crippen molar-refractivity contribution in [3.05, 3.63) is 29.8 Å². The molecule has 0 spiro atoms. The van der Waals surface area contributed by atoms with Crippen molar-refractivity contribution in [1.82, 2.24) is 4.90 Å². The van der Waals surface area contributed by atoms with Crippen LogP contribution in [-0.2, 0) is 16.0 Å². The summed E-state index contributed by atoms with van der Waals surface area (Å²) >= 11 is 0. The Hall–Kier alpha value is -2.04. The molecule has 1 amide bonds. The van der Waals surface area contributed by atoms with Gasteiger partial charge >= 0.3 is 5.97 Å². The zero-order valence-electron chi connectivity index (χ0n) is 12.4. The Morgan fingerprint density at radius 3 is 2.57 bits per heavy atom. The smallest absolute Gasteiger partial charge is 0.308 e. The summed E-state index contributed by atoms with van der Waals surface area (Å²) in [5.41, 5.74) is 1.11. The Morgan fingerprint density at radius 2 is 2.05 bits per heavy atom. The molecule has 1 aliphatic heterocycles. The monoisotopic (exact) mass is 291 g/mol. The summed E-state index contributed by atoms with van der Waals surface area (Å²) in [4.78, 5) is 24.3. The Morgan fingerprint density at radius 1 is 1.38 bits per heavy atom. The van der Waals surface area contributed by atoms with Crippen LogP contribution in [0.15, 0.2) is 24.3 Å². The summed E-state index contributed by atoms with van der Waals surface area (Å²) in [6.45, 7) is 4.84.